The molecule has 3 N–H and O–H groups in total. The molecule has 0 radical (unpaired) electrons. The van der Waals surface area contributed by atoms with Crippen LogP contribution >= 0.6 is 11.8 Å². The summed E-state index contributed by atoms with van der Waals surface area (Å²) in [5.74, 6) is -1.28. The van der Waals surface area contributed by atoms with Crippen LogP contribution in [0.15, 0.2) is 30.3 Å². The highest BCUT2D eigenvalue weighted by Gasteiger charge is 2.13. The number of benzene rings is 1. The lowest BCUT2D eigenvalue weighted by atomic mass is 10.1. The number of carboxylic acid groups (broad SMARTS) is 1. The van der Waals surface area contributed by atoms with Crippen LogP contribution in [-0.2, 0) is 9.59 Å². The van der Waals surface area contributed by atoms with Crippen molar-refractivity contribution in [3.8, 4) is 0 Å². The van der Waals surface area contributed by atoms with Crippen molar-refractivity contribution in [1.29, 1.82) is 0 Å². The normalized spacial score (nSPS) is 11.8. The Labute approximate surface area is 109 Å². The van der Waals surface area contributed by atoms with Crippen LogP contribution < -0.4 is 5.32 Å². The van der Waals surface area contributed by atoms with Crippen molar-refractivity contribution in [2.24, 2.45) is 0 Å². The molecule has 6 heteroatoms. The number of amides is 1. The fourth-order valence-electron chi connectivity index (χ4n) is 1.39. The molecule has 1 aromatic rings. The van der Waals surface area contributed by atoms with Crippen LogP contribution in [0.5, 0.6) is 0 Å². The summed E-state index contributed by atoms with van der Waals surface area (Å²) in [4.78, 5) is 21.8. The molecule has 5 nitrogen and oxygen atoms in total. The third kappa shape index (κ3) is 5.20. The fraction of sp³-hybridized carbons (Fsp3) is 0.333. The van der Waals surface area contributed by atoms with Crippen molar-refractivity contribution >= 4 is 23.6 Å². The molecule has 0 bridgehead atoms. The second kappa shape index (κ2) is 7.73. The quantitative estimate of drug-likeness (QED) is 0.676. The first-order chi connectivity index (χ1) is 8.63. The molecular weight excluding hydrogens is 254 g/mol. The smallest absolute Gasteiger partial charge is 0.313 e. The highest BCUT2D eigenvalue weighted by atomic mass is 32.2. The van der Waals surface area contributed by atoms with E-state index in [1.807, 2.05) is 30.3 Å². The molecule has 0 aliphatic heterocycles. The van der Waals surface area contributed by atoms with E-state index in [0.29, 0.717) is 0 Å². The molecule has 0 aliphatic carbocycles. The van der Waals surface area contributed by atoms with Crippen LogP contribution in [0, 0.1) is 0 Å². The van der Waals surface area contributed by atoms with E-state index in [1.165, 1.54) is 0 Å². The highest BCUT2D eigenvalue weighted by molar-refractivity contribution is 8.00. The third-order valence-electron chi connectivity index (χ3n) is 2.18. The Bertz CT molecular complexity index is 396. The molecule has 0 spiro atoms. The van der Waals surface area contributed by atoms with Gasteiger partial charge in [0.15, 0.2) is 0 Å². The zero-order chi connectivity index (χ0) is 13.4. The molecule has 1 rings (SSSR count). The Morgan fingerprint density at radius 1 is 1.22 bits per heavy atom. The molecule has 1 aromatic carbocycles. The van der Waals surface area contributed by atoms with E-state index in [4.69, 9.17) is 5.11 Å². The first kappa shape index (κ1) is 14.5. The lowest BCUT2D eigenvalue weighted by Crippen LogP contribution is -2.32. The van der Waals surface area contributed by atoms with Gasteiger partial charge in [-0.2, -0.15) is 0 Å². The van der Waals surface area contributed by atoms with E-state index in [9.17, 15) is 14.7 Å². The summed E-state index contributed by atoms with van der Waals surface area (Å²) in [6, 6.07) is 8.66. The minimum atomic E-state index is -0.949. The van der Waals surface area contributed by atoms with Crippen molar-refractivity contribution in [3.63, 3.8) is 0 Å². The summed E-state index contributed by atoms with van der Waals surface area (Å²) in [7, 11) is 0. The molecule has 1 atom stereocenters. The minimum Gasteiger partial charge on any atom is -0.481 e. The van der Waals surface area contributed by atoms with E-state index in [2.05, 4.69) is 5.32 Å². The van der Waals surface area contributed by atoms with Crippen molar-refractivity contribution in [2.75, 3.05) is 18.1 Å². The summed E-state index contributed by atoms with van der Waals surface area (Å²) in [5, 5.41) is 20.3. The summed E-state index contributed by atoms with van der Waals surface area (Å²) in [6.07, 6.45) is 0. The van der Waals surface area contributed by atoms with Gasteiger partial charge >= 0.3 is 5.97 Å². The van der Waals surface area contributed by atoms with Crippen molar-refractivity contribution in [2.45, 2.75) is 6.04 Å². The van der Waals surface area contributed by atoms with E-state index in [-0.39, 0.29) is 24.0 Å². The third-order valence-corrected chi connectivity index (χ3v) is 3.10. The molecule has 0 saturated heterocycles. The molecule has 0 heterocycles. The number of carbonyl (C=O) groups excluding carboxylic acids is 1. The minimum absolute atomic E-state index is 0.0651. The van der Waals surface area contributed by atoms with E-state index in [1.54, 1.807) is 0 Å². The van der Waals surface area contributed by atoms with E-state index in [0.717, 1.165) is 17.3 Å². The monoisotopic (exact) mass is 269 g/mol. The topological polar surface area (TPSA) is 86.6 Å². The Morgan fingerprint density at radius 2 is 1.89 bits per heavy atom. The molecule has 0 fully saturated rings. The average molecular weight is 269 g/mol. The number of aliphatic hydroxyl groups excluding tert-OH is 1. The zero-order valence-corrected chi connectivity index (χ0v) is 10.5. The van der Waals surface area contributed by atoms with Gasteiger partial charge < -0.3 is 15.5 Å². The van der Waals surface area contributed by atoms with Crippen molar-refractivity contribution in [3.05, 3.63) is 35.9 Å². The summed E-state index contributed by atoms with van der Waals surface area (Å²) in [5.41, 5.74) is 0.816. The van der Waals surface area contributed by atoms with Crippen LogP contribution in [0.25, 0.3) is 0 Å². The van der Waals surface area contributed by atoms with Gasteiger partial charge in [-0.15, -0.1) is 11.8 Å². The maximum absolute atomic E-state index is 11.5. The van der Waals surface area contributed by atoms with Gasteiger partial charge in [0.05, 0.1) is 24.2 Å². The maximum Gasteiger partial charge on any atom is 0.313 e. The van der Waals surface area contributed by atoms with E-state index < -0.39 is 12.0 Å². The number of thioether (sulfide) groups is 1. The van der Waals surface area contributed by atoms with Crippen LogP contribution in [0.4, 0.5) is 0 Å². The van der Waals surface area contributed by atoms with Crippen LogP contribution in [-0.4, -0.2) is 40.2 Å². The largest absolute Gasteiger partial charge is 0.481 e. The van der Waals surface area contributed by atoms with Gasteiger partial charge in [-0.1, -0.05) is 30.3 Å². The lowest BCUT2D eigenvalue weighted by molar-refractivity contribution is -0.133. The van der Waals surface area contributed by atoms with Gasteiger partial charge in [0.2, 0.25) is 5.91 Å². The summed E-state index contributed by atoms with van der Waals surface area (Å²) in [6.45, 7) is -0.195. The van der Waals surface area contributed by atoms with Crippen LogP contribution in [0.2, 0.25) is 0 Å². The van der Waals surface area contributed by atoms with Gasteiger partial charge in [0.25, 0.3) is 0 Å². The van der Waals surface area contributed by atoms with Gasteiger partial charge in [0.1, 0.15) is 0 Å². The predicted molar refractivity (Wildman–Crippen MR) is 69.4 cm³/mol. The second-order valence-electron chi connectivity index (χ2n) is 3.60. The summed E-state index contributed by atoms with van der Waals surface area (Å²) >= 11 is 1.02. The van der Waals surface area contributed by atoms with Gasteiger partial charge in [-0.25, -0.2) is 0 Å². The van der Waals surface area contributed by atoms with Crippen molar-refractivity contribution < 1.29 is 19.8 Å². The number of carbonyl (C=O) groups is 2. The van der Waals surface area contributed by atoms with E-state index >= 15 is 0 Å². The summed E-state index contributed by atoms with van der Waals surface area (Å²) < 4.78 is 0. The Morgan fingerprint density at radius 3 is 2.44 bits per heavy atom. The van der Waals surface area contributed by atoms with Gasteiger partial charge in [-0.3, -0.25) is 9.59 Å². The highest BCUT2D eigenvalue weighted by Crippen LogP contribution is 2.11. The maximum atomic E-state index is 11.5. The number of hydrogen-bond donors (Lipinski definition) is 3. The Balaban J connectivity index is 2.44. The van der Waals surface area contributed by atoms with Gasteiger partial charge in [0, 0.05) is 0 Å². The lowest BCUT2D eigenvalue weighted by Gasteiger charge is -2.16. The Kier molecular flexibility index (Phi) is 6.24. The molecule has 0 unspecified atom stereocenters. The standard InChI is InChI=1S/C12H15NO4S/c14-6-10(9-4-2-1-3-5-9)13-11(15)7-18-8-12(16)17/h1-5,10,14H,6-8H2,(H,13,15)(H,16,17)/t10-/m0/s1. The van der Waals surface area contributed by atoms with Crippen LogP contribution in [0.1, 0.15) is 11.6 Å². The molecule has 18 heavy (non-hydrogen) atoms. The molecule has 0 saturated carbocycles. The van der Waals surface area contributed by atoms with Gasteiger partial charge in [-0.05, 0) is 5.56 Å². The Hall–Kier alpha value is -1.53. The molecule has 98 valence electrons. The molecule has 1 amide bonds. The second-order valence-corrected chi connectivity index (χ2v) is 4.59. The SMILES string of the molecule is O=C(O)CSCC(=O)N[C@@H](CO)c1ccccc1. The number of aliphatic carboxylic acids is 1. The first-order valence-corrected chi connectivity index (χ1v) is 6.53. The van der Waals surface area contributed by atoms with Crippen LogP contribution in [0.3, 0.4) is 0 Å². The van der Waals surface area contributed by atoms with Crippen molar-refractivity contribution in [1.82, 2.24) is 5.32 Å². The fourth-order valence-corrected chi connectivity index (χ4v) is 1.93. The predicted octanol–water partition coefficient (Wildman–Crippen LogP) is 0.654. The number of hydrogen-bond acceptors (Lipinski definition) is 4. The number of nitrogens with one attached hydrogen (secondary N) is 1. The number of aliphatic hydroxyl groups is 1. The first-order valence-electron chi connectivity index (χ1n) is 5.38. The zero-order valence-electron chi connectivity index (χ0n) is 9.70. The average Bonchev–Trinajstić information content (AvgIpc) is 2.36. The molecule has 0 aromatic heterocycles. The number of rotatable bonds is 7. The number of carboxylic acids is 1. The molecule has 0 aliphatic rings. The molecular formula is C12H15NO4S.